The molecule has 0 spiro atoms. The molecular weight excluding hydrogens is 349 g/mol. The van der Waals surface area contributed by atoms with Crippen molar-refractivity contribution in [1.29, 1.82) is 0 Å². The van der Waals surface area contributed by atoms with Crippen molar-refractivity contribution < 1.29 is 0 Å². The smallest absolute Gasteiger partial charge is 0.183 e. The predicted octanol–water partition coefficient (Wildman–Crippen LogP) is 6.03. The lowest BCUT2D eigenvalue weighted by atomic mass is 10.1. The Balaban J connectivity index is 2.52. The maximum absolute atomic E-state index is 6.32. The van der Waals surface area contributed by atoms with E-state index in [0.29, 0.717) is 15.7 Å². The fraction of sp³-hybridized carbons (Fsp3) is 0.176. The number of aliphatic imine (C=N–C) groups is 1. The Morgan fingerprint density at radius 2 is 2.22 bits per heavy atom. The van der Waals surface area contributed by atoms with Crippen molar-refractivity contribution in [3.63, 3.8) is 0 Å². The van der Waals surface area contributed by atoms with Crippen LogP contribution >= 0.6 is 34.5 Å². The number of hydrogen-bond donors (Lipinski definition) is 1. The highest BCUT2D eigenvalue weighted by Crippen LogP contribution is 2.37. The minimum atomic E-state index is 0.449. The first-order chi connectivity index (χ1) is 11.1. The SMILES string of the molecule is C=C/C(=C(\N=C)c1cccc(Cl)c1Cl)c1cnc(NCCC)s1. The van der Waals surface area contributed by atoms with Gasteiger partial charge in [0.2, 0.25) is 0 Å². The van der Waals surface area contributed by atoms with Crippen LogP contribution in [0.2, 0.25) is 10.0 Å². The molecule has 2 aromatic rings. The molecule has 1 N–H and O–H groups in total. The van der Waals surface area contributed by atoms with E-state index in [1.54, 1.807) is 18.3 Å². The van der Waals surface area contributed by atoms with Crippen LogP contribution in [0.15, 0.2) is 42.0 Å². The van der Waals surface area contributed by atoms with Gasteiger partial charge in [0.15, 0.2) is 5.13 Å². The second-order valence-corrected chi connectivity index (χ2v) is 6.50. The lowest BCUT2D eigenvalue weighted by Crippen LogP contribution is -1.97. The average Bonchev–Trinajstić information content (AvgIpc) is 3.02. The Kier molecular flexibility index (Phi) is 6.39. The van der Waals surface area contributed by atoms with Crippen LogP contribution in [0, 0.1) is 0 Å². The zero-order valence-electron chi connectivity index (χ0n) is 12.8. The summed E-state index contributed by atoms with van der Waals surface area (Å²) < 4.78 is 0. The zero-order valence-corrected chi connectivity index (χ0v) is 15.1. The average molecular weight is 366 g/mol. The van der Waals surface area contributed by atoms with Crippen LogP contribution < -0.4 is 5.32 Å². The molecule has 0 fully saturated rings. The van der Waals surface area contributed by atoms with Gasteiger partial charge in [0.1, 0.15) is 0 Å². The Labute approximate surface area is 150 Å². The molecule has 0 radical (unpaired) electrons. The van der Waals surface area contributed by atoms with E-state index in [9.17, 15) is 0 Å². The van der Waals surface area contributed by atoms with Gasteiger partial charge in [-0.15, -0.1) is 0 Å². The standard InChI is InChI=1S/C17H17Cl2N3S/c1-4-9-21-17-22-10-14(23-17)11(5-2)16(20-3)12-7-6-8-13(18)15(12)19/h5-8,10H,2-4,9H2,1H3,(H,21,22)/b16-11+. The van der Waals surface area contributed by atoms with E-state index in [1.807, 2.05) is 12.1 Å². The minimum absolute atomic E-state index is 0.449. The van der Waals surface area contributed by atoms with E-state index in [0.717, 1.165) is 34.1 Å². The molecular formula is C17H17Cl2N3S. The van der Waals surface area contributed by atoms with Gasteiger partial charge in [0.25, 0.3) is 0 Å². The number of allylic oxidation sites excluding steroid dienone is 2. The van der Waals surface area contributed by atoms with Gasteiger partial charge in [-0.3, -0.25) is 4.99 Å². The van der Waals surface area contributed by atoms with Crippen molar-refractivity contribution in [1.82, 2.24) is 4.98 Å². The molecule has 120 valence electrons. The fourth-order valence-electron chi connectivity index (χ4n) is 2.03. The number of hydrogen-bond acceptors (Lipinski definition) is 4. The van der Waals surface area contributed by atoms with Crippen LogP contribution in [0.25, 0.3) is 11.3 Å². The van der Waals surface area contributed by atoms with Gasteiger partial charge in [0, 0.05) is 23.9 Å². The zero-order chi connectivity index (χ0) is 16.8. The summed E-state index contributed by atoms with van der Waals surface area (Å²) in [6.07, 6.45) is 4.57. The van der Waals surface area contributed by atoms with Crippen LogP contribution in [-0.2, 0) is 0 Å². The van der Waals surface area contributed by atoms with Crippen LogP contribution in [-0.4, -0.2) is 18.2 Å². The summed E-state index contributed by atoms with van der Waals surface area (Å²) in [5.41, 5.74) is 2.19. The van der Waals surface area contributed by atoms with Crippen molar-refractivity contribution in [2.45, 2.75) is 13.3 Å². The number of aromatic nitrogens is 1. The van der Waals surface area contributed by atoms with Crippen LogP contribution in [0.3, 0.4) is 0 Å². The summed E-state index contributed by atoms with van der Waals surface area (Å²) in [6, 6.07) is 5.43. The van der Waals surface area contributed by atoms with Gasteiger partial charge in [-0.25, -0.2) is 4.98 Å². The highest BCUT2D eigenvalue weighted by Gasteiger charge is 2.15. The molecule has 0 bridgehead atoms. The van der Waals surface area contributed by atoms with Crippen molar-refractivity contribution >= 4 is 57.7 Å². The van der Waals surface area contributed by atoms with Gasteiger partial charge in [-0.05, 0) is 19.2 Å². The molecule has 0 atom stereocenters. The second-order valence-electron chi connectivity index (χ2n) is 4.68. The lowest BCUT2D eigenvalue weighted by Gasteiger charge is -2.09. The molecule has 1 heterocycles. The van der Waals surface area contributed by atoms with Crippen LogP contribution in [0.5, 0.6) is 0 Å². The number of thiazole rings is 1. The van der Waals surface area contributed by atoms with E-state index in [1.165, 1.54) is 11.3 Å². The normalized spacial score (nSPS) is 11.8. The highest BCUT2D eigenvalue weighted by molar-refractivity contribution is 7.16. The highest BCUT2D eigenvalue weighted by atomic mass is 35.5. The molecule has 0 unspecified atom stereocenters. The van der Waals surface area contributed by atoms with Gasteiger partial charge in [-0.1, -0.05) is 66.3 Å². The van der Waals surface area contributed by atoms with E-state index in [4.69, 9.17) is 23.2 Å². The second kappa shape index (κ2) is 8.29. The maximum atomic E-state index is 6.32. The minimum Gasteiger partial charge on any atom is -0.362 e. The van der Waals surface area contributed by atoms with Crippen LogP contribution in [0.1, 0.15) is 23.8 Å². The first-order valence-corrected chi connectivity index (χ1v) is 8.67. The third-order valence-corrected chi connectivity index (χ3v) is 4.93. The summed E-state index contributed by atoms with van der Waals surface area (Å²) in [7, 11) is 0. The molecule has 0 aliphatic rings. The molecule has 1 aromatic carbocycles. The van der Waals surface area contributed by atoms with E-state index in [-0.39, 0.29) is 0 Å². The van der Waals surface area contributed by atoms with Crippen molar-refractivity contribution in [3.8, 4) is 0 Å². The lowest BCUT2D eigenvalue weighted by molar-refractivity contribution is 0.976. The number of anilines is 1. The summed E-state index contributed by atoms with van der Waals surface area (Å²) in [5.74, 6) is 0. The Hall–Kier alpha value is -1.62. The molecule has 0 amide bonds. The molecule has 3 nitrogen and oxygen atoms in total. The molecule has 1 aromatic heterocycles. The van der Waals surface area contributed by atoms with Crippen molar-refractivity contribution in [2.24, 2.45) is 4.99 Å². The Morgan fingerprint density at radius 1 is 1.43 bits per heavy atom. The molecule has 6 heteroatoms. The number of halogens is 2. The van der Waals surface area contributed by atoms with Gasteiger partial charge >= 0.3 is 0 Å². The van der Waals surface area contributed by atoms with E-state index < -0.39 is 0 Å². The third-order valence-electron chi connectivity index (χ3n) is 3.12. The summed E-state index contributed by atoms with van der Waals surface area (Å²) in [4.78, 5) is 9.47. The first kappa shape index (κ1) is 17.7. The van der Waals surface area contributed by atoms with Gasteiger partial charge in [-0.2, -0.15) is 0 Å². The molecule has 0 aliphatic heterocycles. The Morgan fingerprint density at radius 3 is 2.87 bits per heavy atom. The summed E-state index contributed by atoms with van der Waals surface area (Å²) in [5, 5.41) is 5.05. The van der Waals surface area contributed by atoms with Gasteiger partial charge in [0.05, 0.1) is 20.6 Å². The number of nitrogens with one attached hydrogen (secondary N) is 1. The van der Waals surface area contributed by atoms with Gasteiger partial charge < -0.3 is 5.32 Å². The first-order valence-electron chi connectivity index (χ1n) is 7.10. The van der Waals surface area contributed by atoms with Crippen LogP contribution in [0.4, 0.5) is 5.13 Å². The monoisotopic (exact) mass is 365 g/mol. The number of nitrogens with zero attached hydrogens (tertiary/aromatic N) is 2. The van der Waals surface area contributed by atoms with E-state index >= 15 is 0 Å². The molecule has 2 rings (SSSR count). The fourth-order valence-corrected chi connectivity index (χ4v) is 3.30. The van der Waals surface area contributed by atoms with Crippen molar-refractivity contribution in [3.05, 3.63) is 57.5 Å². The predicted molar refractivity (Wildman–Crippen MR) is 104 cm³/mol. The Bertz CT molecular complexity index is 750. The molecule has 0 aliphatic carbocycles. The molecule has 0 saturated carbocycles. The molecule has 0 saturated heterocycles. The largest absolute Gasteiger partial charge is 0.362 e. The quantitative estimate of drug-likeness (QED) is 0.480. The topological polar surface area (TPSA) is 37.3 Å². The maximum Gasteiger partial charge on any atom is 0.183 e. The van der Waals surface area contributed by atoms with E-state index in [2.05, 4.69) is 35.5 Å². The summed E-state index contributed by atoms with van der Waals surface area (Å²) in [6.45, 7) is 10.6. The summed E-state index contributed by atoms with van der Waals surface area (Å²) >= 11 is 14.0. The number of benzene rings is 1. The van der Waals surface area contributed by atoms with Crippen molar-refractivity contribution in [2.75, 3.05) is 11.9 Å². The molecule has 23 heavy (non-hydrogen) atoms. The number of rotatable bonds is 7. The third kappa shape index (κ3) is 4.02.